The van der Waals surface area contributed by atoms with Crippen molar-refractivity contribution in [3.8, 4) is 0 Å². The van der Waals surface area contributed by atoms with Gasteiger partial charge in [0.15, 0.2) is 6.04 Å². The summed E-state index contributed by atoms with van der Waals surface area (Å²) in [6, 6.07) is -4.98. The Balaban J connectivity index is 4.96. The molecule has 208 valence electrons. The molecule has 0 aliphatic carbocycles. The molecule has 0 heterocycles. The van der Waals surface area contributed by atoms with E-state index in [1.165, 1.54) is 0 Å². The van der Waals surface area contributed by atoms with Gasteiger partial charge in [-0.25, -0.2) is 4.79 Å². The number of carbonyl (C=O) groups excluding carboxylic acids is 4. The van der Waals surface area contributed by atoms with Crippen molar-refractivity contribution in [2.24, 2.45) is 17.2 Å². The van der Waals surface area contributed by atoms with Crippen LogP contribution in [-0.2, 0) is 24.0 Å². The normalized spacial score (nSPS) is 15.1. The van der Waals surface area contributed by atoms with Crippen molar-refractivity contribution in [3.63, 3.8) is 0 Å². The monoisotopic (exact) mass is 519 g/mol. The highest BCUT2D eigenvalue weighted by molar-refractivity contribution is 5.94. The van der Waals surface area contributed by atoms with E-state index < -0.39 is 73.0 Å². The molecule has 0 saturated carbocycles. The molecule has 15 nitrogen and oxygen atoms in total. The summed E-state index contributed by atoms with van der Waals surface area (Å²) < 4.78 is 0. The largest absolute Gasteiger partial charge is 0.480 e. The van der Waals surface area contributed by atoms with E-state index in [4.69, 9.17) is 22.3 Å². The molecule has 0 aromatic heterocycles. The molecule has 0 aliphatic rings. The van der Waals surface area contributed by atoms with Gasteiger partial charge in [0.2, 0.25) is 23.6 Å². The fraction of sp³-hybridized carbons (Fsp3) is 0.762. The van der Waals surface area contributed by atoms with Gasteiger partial charge in [0.1, 0.15) is 12.1 Å². The molecule has 5 atom stereocenters. The number of hydrogen-bond donors (Lipinski definition) is 10. The summed E-state index contributed by atoms with van der Waals surface area (Å²) in [6.45, 7) is 0.563. The van der Waals surface area contributed by atoms with E-state index in [2.05, 4.69) is 16.0 Å². The number of carboxylic acids is 1. The number of rotatable bonds is 19. The molecule has 15 heteroatoms. The van der Waals surface area contributed by atoms with Crippen LogP contribution in [0.4, 0.5) is 0 Å². The molecule has 0 aromatic rings. The molecule has 4 amide bonds. The van der Waals surface area contributed by atoms with E-state index in [0.29, 0.717) is 45.2 Å². The maximum absolute atomic E-state index is 12.6. The van der Waals surface area contributed by atoms with Gasteiger partial charge in [-0.15, -0.1) is 0 Å². The van der Waals surface area contributed by atoms with Gasteiger partial charge in [-0.1, -0.05) is 6.42 Å². The number of aliphatic hydroxyl groups is 2. The van der Waals surface area contributed by atoms with Gasteiger partial charge in [-0.05, 0) is 52.1 Å². The molecule has 5 unspecified atom stereocenters. The number of nitrogens with one attached hydrogen (secondary N) is 4. The van der Waals surface area contributed by atoms with Crippen molar-refractivity contribution in [2.45, 2.75) is 75.7 Å². The van der Waals surface area contributed by atoms with Crippen LogP contribution in [0.1, 0.15) is 45.4 Å². The van der Waals surface area contributed by atoms with Crippen molar-refractivity contribution in [1.82, 2.24) is 21.3 Å². The number of hydrogen-bond acceptors (Lipinski definition) is 10. The minimum atomic E-state index is -1.65. The topological polar surface area (TPSA) is 272 Å². The molecule has 0 fully saturated rings. The average molecular weight is 520 g/mol. The van der Waals surface area contributed by atoms with E-state index in [0.717, 1.165) is 6.92 Å². The average Bonchev–Trinajstić information content (AvgIpc) is 2.83. The number of carbonyl (C=O) groups is 5. The first-order chi connectivity index (χ1) is 17.0. The van der Waals surface area contributed by atoms with Gasteiger partial charge < -0.3 is 53.8 Å². The van der Waals surface area contributed by atoms with Crippen molar-refractivity contribution in [3.05, 3.63) is 0 Å². The third-order valence-corrected chi connectivity index (χ3v) is 5.19. The van der Waals surface area contributed by atoms with Gasteiger partial charge in [-0.3, -0.25) is 19.2 Å². The Labute approximate surface area is 209 Å². The maximum Gasteiger partial charge on any atom is 0.328 e. The van der Waals surface area contributed by atoms with Crippen LogP contribution >= 0.6 is 0 Å². The quantitative estimate of drug-likeness (QED) is 0.0727. The highest BCUT2D eigenvalue weighted by Gasteiger charge is 2.29. The van der Waals surface area contributed by atoms with E-state index in [-0.39, 0.29) is 6.42 Å². The zero-order valence-corrected chi connectivity index (χ0v) is 20.6. The van der Waals surface area contributed by atoms with E-state index >= 15 is 0 Å². The number of nitrogens with two attached hydrogens (primary N) is 3. The molecule has 0 aromatic carbocycles. The first kappa shape index (κ1) is 33.1. The summed E-state index contributed by atoms with van der Waals surface area (Å²) in [7, 11) is 0. The van der Waals surface area contributed by atoms with E-state index in [1.54, 1.807) is 0 Å². The SMILES string of the molecule is CC(O)C(NC(=O)C(CO)NC(=O)CNC(=O)C(CCCCN)NC(=O)C(N)CCCCN)C(=O)O. The van der Waals surface area contributed by atoms with Crippen LogP contribution in [0.5, 0.6) is 0 Å². The Hall–Kier alpha value is -2.85. The lowest BCUT2D eigenvalue weighted by Crippen LogP contribution is -2.57. The number of aliphatic carboxylic acids is 1. The predicted octanol–water partition coefficient (Wildman–Crippen LogP) is -4.40. The maximum atomic E-state index is 12.6. The van der Waals surface area contributed by atoms with Gasteiger partial charge in [0, 0.05) is 0 Å². The lowest BCUT2D eigenvalue weighted by molar-refractivity contribution is -0.145. The van der Waals surface area contributed by atoms with Crippen molar-refractivity contribution in [1.29, 1.82) is 0 Å². The molecular formula is C21H41N7O8. The van der Waals surface area contributed by atoms with Crippen molar-refractivity contribution < 1.29 is 39.3 Å². The zero-order valence-electron chi connectivity index (χ0n) is 20.6. The van der Waals surface area contributed by atoms with Crippen LogP contribution in [0.15, 0.2) is 0 Å². The Morgan fingerprint density at radius 1 is 0.806 bits per heavy atom. The summed E-state index contributed by atoms with van der Waals surface area (Å²) in [5, 5.41) is 37.0. The van der Waals surface area contributed by atoms with Crippen LogP contribution < -0.4 is 38.5 Å². The van der Waals surface area contributed by atoms with Crippen molar-refractivity contribution in [2.75, 3.05) is 26.2 Å². The summed E-state index contributed by atoms with van der Waals surface area (Å²) in [6.07, 6.45) is 1.72. The first-order valence-electron chi connectivity index (χ1n) is 11.8. The van der Waals surface area contributed by atoms with Gasteiger partial charge in [0.25, 0.3) is 0 Å². The van der Waals surface area contributed by atoms with E-state index in [1.807, 2.05) is 5.32 Å². The molecule has 0 rings (SSSR count). The summed E-state index contributed by atoms with van der Waals surface area (Å²) in [4.78, 5) is 60.5. The number of aliphatic hydroxyl groups excluding tert-OH is 2. The first-order valence-corrected chi connectivity index (χ1v) is 11.8. The van der Waals surface area contributed by atoms with Crippen LogP contribution in [0.25, 0.3) is 0 Å². The Bertz CT molecular complexity index is 722. The minimum Gasteiger partial charge on any atom is -0.480 e. The lowest BCUT2D eigenvalue weighted by Gasteiger charge is -2.22. The second kappa shape index (κ2) is 18.4. The number of amides is 4. The van der Waals surface area contributed by atoms with Crippen LogP contribution in [0.3, 0.4) is 0 Å². The summed E-state index contributed by atoms with van der Waals surface area (Å²) in [5.74, 6) is -4.58. The van der Waals surface area contributed by atoms with Crippen LogP contribution in [0.2, 0.25) is 0 Å². The Kier molecular flexibility index (Phi) is 17.0. The molecule has 0 bridgehead atoms. The van der Waals surface area contributed by atoms with Gasteiger partial charge in [0.05, 0.1) is 25.3 Å². The molecule has 36 heavy (non-hydrogen) atoms. The smallest absolute Gasteiger partial charge is 0.328 e. The molecule has 0 radical (unpaired) electrons. The fourth-order valence-electron chi connectivity index (χ4n) is 3.05. The lowest BCUT2D eigenvalue weighted by atomic mass is 10.1. The zero-order chi connectivity index (χ0) is 27.7. The fourth-order valence-corrected chi connectivity index (χ4v) is 3.05. The van der Waals surface area contributed by atoms with Crippen LogP contribution in [-0.4, -0.2) is 101 Å². The van der Waals surface area contributed by atoms with E-state index in [9.17, 15) is 34.2 Å². The second-order valence-electron chi connectivity index (χ2n) is 8.32. The third kappa shape index (κ3) is 13.3. The Morgan fingerprint density at radius 2 is 1.39 bits per heavy atom. The molecule has 0 saturated heterocycles. The highest BCUT2D eigenvalue weighted by atomic mass is 16.4. The Morgan fingerprint density at radius 3 is 1.89 bits per heavy atom. The summed E-state index contributed by atoms with van der Waals surface area (Å²) in [5.41, 5.74) is 16.8. The number of unbranched alkanes of at least 4 members (excludes halogenated alkanes) is 2. The second-order valence-corrected chi connectivity index (χ2v) is 8.32. The minimum absolute atomic E-state index is 0.253. The third-order valence-electron chi connectivity index (χ3n) is 5.19. The summed E-state index contributed by atoms with van der Waals surface area (Å²) >= 11 is 0. The standard InChI is InChI=1S/C21H41N7O8/c1-12(30)17(21(35)36)28-20(34)15(11-29)26-16(31)10-25-19(33)14(7-3-5-9-23)27-18(32)13(24)6-2-4-8-22/h12-15,17,29-30H,2-11,22-24H2,1H3,(H,25,33)(H,26,31)(H,27,32)(H,28,34)(H,35,36). The molecular weight excluding hydrogens is 478 g/mol. The van der Waals surface area contributed by atoms with Gasteiger partial charge >= 0.3 is 5.97 Å². The molecule has 0 spiro atoms. The molecule has 13 N–H and O–H groups in total. The number of carboxylic acid groups (broad SMARTS) is 1. The van der Waals surface area contributed by atoms with Crippen molar-refractivity contribution >= 4 is 29.6 Å². The van der Waals surface area contributed by atoms with Gasteiger partial charge in [-0.2, -0.15) is 0 Å². The predicted molar refractivity (Wildman–Crippen MR) is 129 cm³/mol. The van der Waals surface area contributed by atoms with Crippen LogP contribution in [0, 0.1) is 0 Å². The highest BCUT2D eigenvalue weighted by Crippen LogP contribution is 2.04. The molecule has 0 aliphatic heterocycles.